The van der Waals surface area contributed by atoms with Crippen LogP contribution in [0.25, 0.3) is 5.70 Å². The lowest BCUT2D eigenvalue weighted by Gasteiger charge is -2.09. The van der Waals surface area contributed by atoms with Crippen molar-refractivity contribution in [2.24, 2.45) is 11.6 Å². The summed E-state index contributed by atoms with van der Waals surface area (Å²) in [5.41, 5.74) is 12.2. The van der Waals surface area contributed by atoms with E-state index in [2.05, 4.69) is 10.4 Å². The van der Waals surface area contributed by atoms with E-state index in [0.29, 0.717) is 17.9 Å². The number of benzene rings is 1. The normalized spacial score (nSPS) is 11.5. The average Bonchev–Trinajstić information content (AvgIpc) is 2.94. The minimum absolute atomic E-state index is 0.123. The molecule has 22 heavy (non-hydrogen) atoms. The van der Waals surface area contributed by atoms with Crippen molar-refractivity contribution < 1.29 is 4.74 Å². The molecule has 7 heteroatoms. The molecule has 1 aromatic heterocycles. The third kappa shape index (κ3) is 3.75. The Hall–Kier alpha value is -2.56. The second-order valence-corrected chi connectivity index (χ2v) is 5.47. The summed E-state index contributed by atoms with van der Waals surface area (Å²) in [6.45, 7) is 2.54. The summed E-state index contributed by atoms with van der Waals surface area (Å²) in [6, 6.07) is 9.15. The van der Waals surface area contributed by atoms with E-state index in [-0.39, 0.29) is 11.4 Å². The molecule has 2 aromatic rings. The number of nitrogens with one attached hydrogen (secondary N) is 1. The van der Waals surface area contributed by atoms with Crippen LogP contribution in [-0.4, -0.2) is 11.6 Å². The van der Waals surface area contributed by atoms with E-state index in [1.807, 2.05) is 30.6 Å². The maximum Gasteiger partial charge on any atom is 0.151 e. The van der Waals surface area contributed by atoms with Crippen LogP contribution in [0.5, 0.6) is 5.75 Å². The second-order valence-electron chi connectivity index (χ2n) is 4.53. The number of hydrazine groups is 1. The molecular formula is C15H17N5OS. The number of ether oxygens (including phenoxy) is 1. The first-order valence-corrected chi connectivity index (χ1v) is 7.52. The Morgan fingerprint density at radius 2 is 2.32 bits per heavy atom. The minimum Gasteiger partial charge on any atom is -0.493 e. The van der Waals surface area contributed by atoms with Crippen molar-refractivity contribution in [2.45, 2.75) is 13.3 Å². The molecule has 0 bridgehead atoms. The minimum atomic E-state index is 0.123. The third-order valence-corrected chi connectivity index (χ3v) is 4.11. The molecule has 0 atom stereocenters. The summed E-state index contributed by atoms with van der Waals surface area (Å²) < 4.78 is 5.74. The van der Waals surface area contributed by atoms with Gasteiger partial charge in [0.2, 0.25) is 0 Å². The van der Waals surface area contributed by atoms with Crippen molar-refractivity contribution in [3.05, 3.63) is 51.6 Å². The Labute approximate surface area is 133 Å². The van der Waals surface area contributed by atoms with Gasteiger partial charge in [-0.1, -0.05) is 12.1 Å². The van der Waals surface area contributed by atoms with Crippen molar-refractivity contribution in [1.29, 1.82) is 5.26 Å². The van der Waals surface area contributed by atoms with Gasteiger partial charge < -0.3 is 15.9 Å². The topological polar surface area (TPSA) is 110 Å². The van der Waals surface area contributed by atoms with Gasteiger partial charge in [0.05, 0.1) is 23.5 Å². The lowest BCUT2D eigenvalue weighted by atomic mass is 10.1. The van der Waals surface area contributed by atoms with Gasteiger partial charge in [-0.25, -0.2) is 10.8 Å². The largest absolute Gasteiger partial charge is 0.493 e. The highest BCUT2D eigenvalue weighted by Gasteiger charge is 2.06. The van der Waals surface area contributed by atoms with Crippen LogP contribution in [0.2, 0.25) is 0 Å². The van der Waals surface area contributed by atoms with Crippen LogP contribution < -0.4 is 21.7 Å². The zero-order chi connectivity index (χ0) is 15.9. The molecule has 0 spiro atoms. The van der Waals surface area contributed by atoms with Crippen LogP contribution >= 0.6 is 11.3 Å². The first-order valence-electron chi connectivity index (χ1n) is 6.64. The van der Waals surface area contributed by atoms with E-state index in [4.69, 9.17) is 21.6 Å². The highest BCUT2D eigenvalue weighted by Crippen LogP contribution is 2.19. The molecular weight excluding hydrogens is 298 g/mol. The Morgan fingerprint density at radius 1 is 1.50 bits per heavy atom. The van der Waals surface area contributed by atoms with Crippen molar-refractivity contribution in [1.82, 2.24) is 10.4 Å². The molecule has 0 radical (unpaired) electrons. The number of allylic oxidation sites excluding steroid dienone is 1. The molecule has 1 aromatic carbocycles. The first kappa shape index (κ1) is 15.8. The Bertz CT molecular complexity index is 717. The van der Waals surface area contributed by atoms with Gasteiger partial charge in [-0.15, -0.1) is 11.3 Å². The number of thiazole rings is 1. The maximum atomic E-state index is 8.93. The van der Waals surface area contributed by atoms with E-state index < -0.39 is 0 Å². The van der Waals surface area contributed by atoms with Crippen LogP contribution in [0.1, 0.15) is 16.1 Å². The molecule has 6 nitrogen and oxygen atoms in total. The number of nitrogens with two attached hydrogens (primary N) is 2. The summed E-state index contributed by atoms with van der Waals surface area (Å²) in [7, 11) is 0. The van der Waals surface area contributed by atoms with Crippen LogP contribution in [0, 0.1) is 18.3 Å². The van der Waals surface area contributed by atoms with Crippen LogP contribution in [-0.2, 0) is 6.42 Å². The monoisotopic (exact) mass is 315 g/mol. The zero-order valence-corrected chi connectivity index (χ0v) is 13.0. The Kier molecular flexibility index (Phi) is 5.36. The van der Waals surface area contributed by atoms with Gasteiger partial charge in [0, 0.05) is 16.9 Å². The van der Waals surface area contributed by atoms with Gasteiger partial charge >= 0.3 is 0 Å². The lowest BCUT2D eigenvalue weighted by Crippen LogP contribution is -2.23. The molecule has 114 valence electrons. The fourth-order valence-electron chi connectivity index (χ4n) is 1.90. The number of aromatic nitrogens is 1. The zero-order valence-electron chi connectivity index (χ0n) is 12.2. The number of rotatable bonds is 6. The van der Waals surface area contributed by atoms with Gasteiger partial charge in [-0.05, 0) is 19.1 Å². The van der Waals surface area contributed by atoms with Crippen molar-refractivity contribution in [2.75, 3.05) is 6.61 Å². The number of hydrogen-bond donors (Lipinski definition) is 3. The Balaban J connectivity index is 2.05. The van der Waals surface area contributed by atoms with Crippen LogP contribution in [0.4, 0.5) is 0 Å². The third-order valence-electron chi connectivity index (χ3n) is 3.11. The maximum absolute atomic E-state index is 8.93. The highest BCUT2D eigenvalue weighted by molar-refractivity contribution is 7.09. The molecule has 0 aliphatic carbocycles. The SMILES string of the molecule is Cc1ncsc1CCOc1cccc(/C(N)=C(\C#N)NN)c1. The van der Waals surface area contributed by atoms with Crippen LogP contribution in [0.15, 0.2) is 35.5 Å². The fraction of sp³-hybridized carbons (Fsp3) is 0.200. The second kappa shape index (κ2) is 7.45. The molecule has 0 unspecified atom stereocenters. The molecule has 0 aliphatic rings. The summed E-state index contributed by atoms with van der Waals surface area (Å²) in [5.74, 6) is 5.95. The Morgan fingerprint density at radius 3 is 2.95 bits per heavy atom. The predicted octanol–water partition coefficient (Wildman–Crippen LogP) is 1.69. The van der Waals surface area contributed by atoms with E-state index >= 15 is 0 Å². The average molecular weight is 315 g/mol. The molecule has 0 fully saturated rings. The van der Waals surface area contributed by atoms with Gasteiger partial charge in [0.15, 0.2) is 5.70 Å². The van der Waals surface area contributed by atoms with Crippen molar-refractivity contribution in [3.8, 4) is 11.8 Å². The number of nitriles is 1. The fourth-order valence-corrected chi connectivity index (χ4v) is 2.66. The molecule has 2 rings (SSSR count). The van der Waals surface area contributed by atoms with E-state index in [1.54, 1.807) is 23.5 Å². The van der Waals surface area contributed by atoms with Gasteiger partial charge in [-0.3, -0.25) is 0 Å². The first-order chi connectivity index (χ1) is 10.7. The number of nitrogens with zero attached hydrogens (tertiary/aromatic N) is 2. The molecule has 0 amide bonds. The van der Waals surface area contributed by atoms with Crippen molar-refractivity contribution in [3.63, 3.8) is 0 Å². The van der Waals surface area contributed by atoms with Gasteiger partial charge in [0.1, 0.15) is 11.8 Å². The van der Waals surface area contributed by atoms with E-state index in [1.165, 1.54) is 4.88 Å². The van der Waals surface area contributed by atoms with E-state index in [0.717, 1.165) is 12.1 Å². The molecule has 0 saturated heterocycles. The number of hydrogen-bond acceptors (Lipinski definition) is 7. The smallest absolute Gasteiger partial charge is 0.151 e. The number of aryl methyl sites for hydroxylation is 1. The predicted molar refractivity (Wildman–Crippen MR) is 86.5 cm³/mol. The van der Waals surface area contributed by atoms with Crippen LogP contribution in [0.3, 0.4) is 0 Å². The summed E-state index contributed by atoms with van der Waals surface area (Å²) in [4.78, 5) is 5.43. The molecule has 0 saturated carbocycles. The summed E-state index contributed by atoms with van der Waals surface area (Å²) in [6.07, 6.45) is 0.805. The molecule has 1 heterocycles. The lowest BCUT2D eigenvalue weighted by molar-refractivity contribution is 0.322. The quantitative estimate of drug-likeness (QED) is 0.425. The summed E-state index contributed by atoms with van der Waals surface area (Å²) in [5, 5.41) is 8.93. The molecule has 5 N–H and O–H groups in total. The summed E-state index contributed by atoms with van der Waals surface area (Å²) >= 11 is 1.63. The van der Waals surface area contributed by atoms with Gasteiger partial charge in [0.25, 0.3) is 0 Å². The van der Waals surface area contributed by atoms with E-state index in [9.17, 15) is 0 Å². The van der Waals surface area contributed by atoms with Gasteiger partial charge in [-0.2, -0.15) is 5.26 Å². The standard InChI is InChI=1S/C15H17N5OS/c1-10-14(22-9-19-10)5-6-21-12-4-2-3-11(7-12)15(17)13(8-16)20-18/h2-4,7,9,20H,5-6,17-18H2,1H3/b15-13-. The van der Waals surface area contributed by atoms with Crippen molar-refractivity contribution >= 4 is 17.0 Å². The molecule has 0 aliphatic heterocycles. The highest BCUT2D eigenvalue weighted by atomic mass is 32.1.